The second-order valence-corrected chi connectivity index (χ2v) is 8.29. The van der Waals surface area contributed by atoms with Gasteiger partial charge in [-0.1, -0.05) is 12.1 Å². The molecule has 156 valence electrons. The van der Waals surface area contributed by atoms with Gasteiger partial charge in [-0.2, -0.15) is 0 Å². The Labute approximate surface area is 170 Å². The number of rotatable bonds is 8. The van der Waals surface area contributed by atoms with Crippen molar-refractivity contribution < 1.29 is 27.5 Å². The molecule has 0 aromatic heterocycles. The molecule has 0 atom stereocenters. The summed E-state index contributed by atoms with van der Waals surface area (Å²) in [6.45, 7) is 4.20. The van der Waals surface area contributed by atoms with Crippen molar-refractivity contribution in [1.82, 2.24) is 0 Å². The van der Waals surface area contributed by atoms with E-state index in [-0.39, 0.29) is 22.6 Å². The van der Waals surface area contributed by atoms with Crippen molar-refractivity contribution in [1.29, 1.82) is 0 Å². The number of nitrogens with one attached hydrogen (secondary N) is 1. The number of para-hydroxylation sites is 2. The first kappa shape index (κ1) is 22.2. The molecule has 0 unspecified atom stereocenters. The SMILES string of the molecule is COc1ccccc1N(CC(=O)OC(C)C)S(=O)(=O)c1ccc(NC(C)=O)cc1. The molecule has 2 rings (SSSR count). The molecule has 0 saturated carbocycles. The minimum atomic E-state index is -4.12. The van der Waals surface area contributed by atoms with Crippen LogP contribution in [0.15, 0.2) is 53.4 Å². The van der Waals surface area contributed by atoms with Crippen LogP contribution in [0.25, 0.3) is 0 Å². The number of sulfonamides is 1. The Kier molecular flexibility index (Phi) is 7.22. The van der Waals surface area contributed by atoms with Gasteiger partial charge in [0, 0.05) is 12.6 Å². The van der Waals surface area contributed by atoms with E-state index < -0.39 is 22.5 Å². The van der Waals surface area contributed by atoms with Crippen LogP contribution in [-0.4, -0.2) is 40.1 Å². The molecule has 2 aromatic carbocycles. The molecular formula is C20H24N2O6S. The lowest BCUT2D eigenvalue weighted by molar-refractivity contribution is -0.145. The topological polar surface area (TPSA) is 102 Å². The summed E-state index contributed by atoms with van der Waals surface area (Å²) < 4.78 is 38.0. The van der Waals surface area contributed by atoms with Crippen LogP contribution < -0.4 is 14.4 Å². The first-order valence-electron chi connectivity index (χ1n) is 8.88. The zero-order chi connectivity index (χ0) is 21.6. The van der Waals surface area contributed by atoms with Gasteiger partial charge in [-0.15, -0.1) is 0 Å². The largest absolute Gasteiger partial charge is 0.495 e. The number of methoxy groups -OCH3 is 1. The van der Waals surface area contributed by atoms with Gasteiger partial charge in [0.2, 0.25) is 5.91 Å². The average Bonchev–Trinajstić information content (AvgIpc) is 2.65. The van der Waals surface area contributed by atoms with Crippen molar-refractivity contribution in [2.45, 2.75) is 31.8 Å². The van der Waals surface area contributed by atoms with E-state index in [0.717, 1.165) is 4.31 Å². The highest BCUT2D eigenvalue weighted by atomic mass is 32.2. The normalized spacial score (nSPS) is 11.1. The van der Waals surface area contributed by atoms with Gasteiger partial charge < -0.3 is 14.8 Å². The molecule has 0 aliphatic carbocycles. The second kappa shape index (κ2) is 9.42. The van der Waals surface area contributed by atoms with Crippen molar-refractivity contribution in [2.24, 2.45) is 0 Å². The first-order chi connectivity index (χ1) is 13.6. The molecule has 0 heterocycles. The summed E-state index contributed by atoms with van der Waals surface area (Å²) in [5, 5.41) is 2.57. The van der Waals surface area contributed by atoms with Crippen LogP contribution in [0, 0.1) is 0 Å². The van der Waals surface area contributed by atoms with Crippen LogP contribution in [0.5, 0.6) is 5.75 Å². The number of nitrogens with zero attached hydrogens (tertiary/aromatic N) is 1. The van der Waals surface area contributed by atoms with Gasteiger partial charge in [-0.05, 0) is 50.2 Å². The molecule has 0 spiro atoms. The lowest BCUT2D eigenvalue weighted by Crippen LogP contribution is -2.37. The summed E-state index contributed by atoms with van der Waals surface area (Å²) in [4.78, 5) is 23.4. The number of anilines is 2. The number of carbonyl (C=O) groups excluding carboxylic acids is 2. The highest BCUT2D eigenvalue weighted by Gasteiger charge is 2.30. The fourth-order valence-corrected chi connectivity index (χ4v) is 4.01. The summed E-state index contributed by atoms with van der Waals surface area (Å²) >= 11 is 0. The van der Waals surface area contributed by atoms with Crippen LogP contribution in [0.4, 0.5) is 11.4 Å². The van der Waals surface area contributed by atoms with E-state index in [1.165, 1.54) is 38.3 Å². The maximum atomic E-state index is 13.3. The molecule has 9 heteroatoms. The van der Waals surface area contributed by atoms with Crippen LogP contribution in [0.1, 0.15) is 20.8 Å². The molecule has 2 aromatic rings. The summed E-state index contributed by atoms with van der Waals surface area (Å²) in [6.07, 6.45) is -0.387. The molecule has 0 aliphatic rings. The van der Waals surface area contributed by atoms with Gasteiger partial charge in [0.1, 0.15) is 12.3 Å². The van der Waals surface area contributed by atoms with E-state index in [4.69, 9.17) is 9.47 Å². The molecule has 0 fully saturated rings. The first-order valence-corrected chi connectivity index (χ1v) is 10.3. The van der Waals surface area contributed by atoms with Crippen molar-refractivity contribution in [3.05, 3.63) is 48.5 Å². The molecule has 29 heavy (non-hydrogen) atoms. The van der Waals surface area contributed by atoms with E-state index in [0.29, 0.717) is 11.4 Å². The fraction of sp³-hybridized carbons (Fsp3) is 0.300. The molecule has 0 bridgehead atoms. The van der Waals surface area contributed by atoms with Crippen molar-refractivity contribution in [2.75, 3.05) is 23.3 Å². The molecule has 1 N–H and O–H groups in total. The van der Waals surface area contributed by atoms with E-state index in [1.807, 2.05) is 0 Å². The Balaban J connectivity index is 2.48. The van der Waals surface area contributed by atoms with Crippen molar-refractivity contribution in [3.63, 3.8) is 0 Å². The number of hydrogen-bond donors (Lipinski definition) is 1. The fourth-order valence-electron chi connectivity index (χ4n) is 2.59. The van der Waals surface area contributed by atoms with Gasteiger partial charge in [-0.25, -0.2) is 8.42 Å². The Morgan fingerprint density at radius 2 is 1.69 bits per heavy atom. The number of carbonyl (C=O) groups is 2. The third kappa shape index (κ3) is 5.71. The summed E-state index contributed by atoms with van der Waals surface area (Å²) in [5.74, 6) is -0.666. The van der Waals surface area contributed by atoms with Crippen LogP contribution in [0.2, 0.25) is 0 Å². The number of amides is 1. The second-order valence-electron chi connectivity index (χ2n) is 6.43. The van der Waals surface area contributed by atoms with E-state index in [9.17, 15) is 18.0 Å². The lowest BCUT2D eigenvalue weighted by Gasteiger charge is -2.25. The van der Waals surface area contributed by atoms with Crippen molar-refractivity contribution in [3.8, 4) is 5.75 Å². The third-order valence-corrected chi connectivity index (χ3v) is 5.53. The Hall–Kier alpha value is -3.07. The number of benzene rings is 2. The molecule has 0 saturated heterocycles. The van der Waals surface area contributed by atoms with Gasteiger partial charge in [0.25, 0.3) is 10.0 Å². The van der Waals surface area contributed by atoms with Gasteiger partial charge in [-0.3, -0.25) is 13.9 Å². The van der Waals surface area contributed by atoms with Gasteiger partial charge in [0.05, 0.1) is 23.8 Å². The highest BCUT2D eigenvalue weighted by Crippen LogP contribution is 2.32. The Morgan fingerprint density at radius 1 is 1.07 bits per heavy atom. The standard InChI is InChI=1S/C20H24N2O6S/c1-14(2)28-20(24)13-22(18-7-5-6-8-19(18)27-4)29(25,26)17-11-9-16(10-12-17)21-15(3)23/h5-12,14H,13H2,1-4H3,(H,21,23). The average molecular weight is 420 g/mol. The minimum absolute atomic E-state index is 0.0464. The molecule has 0 radical (unpaired) electrons. The summed E-state index contributed by atoms with van der Waals surface area (Å²) in [6, 6.07) is 12.2. The molecular weight excluding hydrogens is 396 g/mol. The number of ether oxygens (including phenoxy) is 2. The number of esters is 1. The van der Waals surface area contributed by atoms with Crippen LogP contribution in [0.3, 0.4) is 0 Å². The van der Waals surface area contributed by atoms with Crippen LogP contribution >= 0.6 is 0 Å². The monoisotopic (exact) mass is 420 g/mol. The maximum absolute atomic E-state index is 13.3. The Morgan fingerprint density at radius 3 is 2.24 bits per heavy atom. The summed E-state index contributed by atoms with van der Waals surface area (Å²) in [5.41, 5.74) is 0.668. The third-order valence-electron chi connectivity index (χ3n) is 3.76. The maximum Gasteiger partial charge on any atom is 0.327 e. The zero-order valence-electron chi connectivity index (χ0n) is 16.7. The quantitative estimate of drug-likeness (QED) is 0.659. The lowest BCUT2D eigenvalue weighted by atomic mass is 10.3. The zero-order valence-corrected chi connectivity index (χ0v) is 17.5. The molecule has 0 aliphatic heterocycles. The smallest absolute Gasteiger partial charge is 0.327 e. The molecule has 8 nitrogen and oxygen atoms in total. The van der Waals surface area contributed by atoms with E-state index >= 15 is 0 Å². The highest BCUT2D eigenvalue weighted by molar-refractivity contribution is 7.92. The predicted molar refractivity (Wildman–Crippen MR) is 109 cm³/mol. The Bertz CT molecular complexity index is 971. The summed E-state index contributed by atoms with van der Waals surface area (Å²) in [7, 11) is -2.71. The van der Waals surface area contributed by atoms with Crippen molar-refractivity contribution >= 4 is 33.3 Å². The van der Waals surface area contributed by atoms with E-state index in [2.05, 4.69) is 5.32 Å². The van der Waals surface area contributed by atoms with Crippen LogP contribution in [-0.2, 0) is 24.3 Å². The van der Waals surface area contributed by atoms with E-state index in [1.54, 1.807) is 38.1 Å². The van der Waals surface area contributed by atoms with Gasteiger partial charge in [0.15, 0.2) is 0 Å². The minimum Gasteiger partial charge on any atom is -0.495 e. The molecule has 1 amide bonds. The number of hydrogen-bond acceptors (Lipinski definition) is 6. The van der Waals surface area contributed by atoms with Gasteiger partial charge >= 0.3 is 5.97 Å². The predicted octanol–water partition coefficient (Wildman–Crippen LogP) is 2.80.